The molecule has 0 aromatic rings. The molecule has 1 fully saturated rings. The van der Waals surface area contributed by atoms with E-state index in [1.54, 1.807) is 7.05 Å². The van der Waals surface area contributed by atoms with E-state index >= 15 is 0 Å². The molecule has 7 nitrogen and oxygen atoms in total. The molecule has 1 aliphatic heterocycles. The third-order valence-corrected chi connectivity index (χ3v) is 4.15. The minimum atomic E-state index is -0.507. The Balaban J connectivity index is 0.00000625. The van der Waals surface area contributed by atoms with E-state index in [2.05, 4.69) is 41.7 Å². The van der Waals surface area contributed by atoms with Gasteiger partial charge in [0.1, 0.15) is 5.60 Å². The number of guanidine groups is 1. The number of ether oxygens (including phenoxy) is 2. The van der Waals surface area contributed by atoms with Crippen LogP contribution in [-0.4, -0.2) is 56.0 Å². The Bertz CT molecular complexity index is 458. The smallest absolute Gasteiger partial charge is 0.407 e. The largest absolute Gasteiger partial charge is 0.444 e. The maximum atomic E-state index is 12.0. The molecule has 0 aliphatic carbocycles. The Morgan fingerprint density at radius 2 is 1.96 bits per heavy atom. The van der Waals surface area contributed by atoms with Gasteiger partial charge in [-0.1, -0.05) is 13.8 Å². The van der Waals surface area contributed by atoms with Crippen molar-refractivity contribution in [2.24, 2.45) is 10.9 Å². The van der Waals surface area contributed by atoms with Crippen LogP contribution in [0.5, 0.6) is 0 Å². The average molecular weight is 484 g/mol. The maximum absolute atomic E-state index is 12.0. The third kappa shape index (κ3) is 9.80. The van der Waals surface area contributed by atoms with Crippen LogP contribution in [0.2, 0.25) is 0 Å². The minimum absolute atomic E-state index is 0. The van der Waals surface area contributed by atoms with Crippen LogP contribution in [0.4, 0.5) is 4.79 Å². The lowest BCUT2D eigenvalue weighted by Gasteiger charge is -2.28. The quantitative estimate of drug-likeness (QED) is 0.307. The van der Waals surface area contributed by atoms with Gasteiger partial charge in [-0.2, -0.15) is 0 Å². The van der Waals surface area contributed by atoms with Gasteiger partial charge in [0.2, 0.25) is 0 Å². The highest BCUT2D eigenvalue weighted by atomic mass is 127. The molecule has 1 rings (SSSR count). The molecule has 0 aromatic heterocycles. The van der Waals surface area contributed by atoms with E-state index < -0.39 is 11.7 Å². The second-order valence-corrected chi connectivity index (χ2v) is 8.21. The molecule has 0 bridgehead atoms. The third-order valence-electron chi connectivity index (χ3n) is 4.15. The molecule has 8 heteroatoms. The lowest BCUT2D eigenvalue weighted by molar-refractivity contribution is 0.0243. The Morgan fingerprint density at radius 1 is 1.31 bits per heavy atom. The Morgan fingerprint density at radius 3 is 2.42 bits per heavy atom. The first kappa shape index (κ1) is 25.2. The number of nitrogens with zero attached hydrogens (tertiary/aromatic N) is 1. The molecule has 3 N–H and O–H groups in total. The normalized spacial score (nSPS) is 21.8. The monoisotopic (exact) mass is 484 g/mol. The summed E-state index contributed by atoms with van der Waals surface area (Å²) < 4.78 is 11.1. The summed E-state index contributed by atoms with van der Waals surface area (Å²) in [5.74, 6) is 0.960. The summed E-state index contributed by atoms with van der Waals surface area (Å²) in [6.07, 6.45) is 1.74. The number of aliphatic imine (C=N–C) groups is 1. The molecule has 1 saturated heterocycles. The lowest BCUT2D eigenvalue weighted by Crippen LogP contribution is -2.51. The molecule has 2 atom stereocenters. The van der Waals surface area contributed by atoms with E-state index in [0.717, 1.165) is 19.4 Å². The van der Waals surface area contributed by atoms with E-state index in [-0.39, 0.29) is 41.5 Å². The first-order valence-electron chi connectivity index (χ1n) is 9.13. The van der Waals surface area contributed by atoms with Crippen molar-refractivity contribution in [3.8, 4) is 0 Å². The van der Waals surface area contributed by atoms with Crippen LogP contribution >= 0.6 is 24.0 Å². The van der Waals surface area contributed by atoms with Gasteiger partial charge in [-0.25, -0.2) is 4.79 Å². The Labute approximate surface area is 175 Å². The van der Waals surface area contributed by atoms with Gasteiger partial charge in [-0.05, 0) is 46.5 Å². The van der Waals surface area contributed by atoms with Crippen LogP contribution in [0.1, 0.15) is 54.4 Å². The van der Waals surface area contributed by atoms with Crippen LogP contribution < -0.4 is 16.0 Å². The first-order chi connectivity index (χ1) is 11.5. The number of halogens is 1. The Hall–Kier alpha value is -0.770. The fraction of sp³-hybridized carbons (Fsp3) is 0.889. The van der Waals surface area contributed by atoms with Gasteiger partial charge in [0, 0.05) is 26.7 Å². The maximum Gasteiger partial charge on any atom is 0.407 e. The SMILES string of the molecule is CN=C(NCC(NC(=O)OC(C)(C)C)C(C)C)NCC1(C)CCCO1.I. The molecule has 0 spiro atoms. The van der Waals surface area contributed by atoms with Crippen LogP contribution in [0.3, 0.4) is 0 Å². The van der Waals surface area contributed by atoms with Crippen molar-refractivity contribution in [3.05, 3.63) is 0 Å². The standard InChI is InChI=1S/C18H36N4O3.HI/c1-13(2)14(22-16(23)25-17(3,4)5)11-20-15(19-7)21-12-18(6)9-8-10-24-18;/h13-14H,8-12H2,1-7H3,(H,22,23)(H2,19,20,21);1H. The summed E-state index contributed by atoms with van der Waals surface area (Å²) in [6, 6.07) is -0.0632. The van der Waals surface area contributed by atoms with Gasteiger partial charge in [-0.15, -0.1) is 24.0 Å². The highest BCUT2D eigenvalue weighted by molar-refractivity contribution is 14.0. The second kappa shape index (κ2) is 11.2. The van der Waals surface area contributed by atoms with Gasteiger partial charge >= 0.3 is 6.09 Å². The summed E-state index contributed by atoms with van der Waals surface area (Å²) in [6.45, 7) is 13.9. The molecule has 1 amide bonds. The Kier molecular flexibility index (Phi) is 10.8. The van der Waals surface area contributed by atoms with E-state index in [4.69, 9.17) is 9.47 Å². The van der Waals surface area contributed by atoms with Crippen molar-refractivity contribution in [1.29, 1.82) is 0 Å². The zero-order valence-electron chi connectivity index (χ0n) is 17.3. The van der Waals surface area contributed by atoms with Crippen LogP contribution in [0, 0.1) is 5.92 Å². The molecule has 1 aliphatic rings. The molecule has 1 heterocycles. The molecule has 0 aromatic carbocycles. The number of hydrogen-bond acceptors (Lipinski definition) is 4. The van der Waals surface area contributed by atoms with Gasteiger partial charge in [-0.3, -0.25) is 4.99 Å². The van der Waals surface area contributed by atoms with E-state index in [1.165, 1.54) is 0 Å². The average Bonchev–Trinajstić information content (AvgIpc) is 2.91. The number of rotatable bonds is 6. The van der Waals surface area contributed by atoms with Crippen molar-refractivity contribution in [3.63, 3.8) is 0 Å². The zero-order valence-corrected chi connectivity index (χ0v) is 19.6. The summed E-state index contributed by atoms with van der Waals surface area (Å²) in [5, 5.41) is 9.51. The molecular formula is C18H37IN4O3. The number of carbonyl (C=O) groups is 1. The van der Waals surface area contributed by atoms with Crippen molar-refractivity contribution in [2.75, 3.05) is 26.7 Å². The highest BCUT2D eigenvalue weighted by Gasteiger charge is 2.30. The molecule has 0 saturated carbocycles. The van der Waals surface area contributed by atoms with E-state index in [0.29, 0.717) is 19.0 Å². The van der Waals surface area contributed by atoms with Crippen LogP contribution in [0.25, 0.3) is 0 Å². The molecule has 26 heavy (non-hydrogen) atoms. The van der Waals surface area contributed by atoms with E-state index in [1.807, 2.05) is 20.8 Å². The lowest BCUT2D eigenvalue weighted by atomic mass is 10.0. The van der Waals surface area contributed by atoms with Crippen molar-refractivity contribution in [1.82, 2.24) is 16.0 Å². The number of carbonyl (C=O) groups excluding carboxylic acids is 1. The minimum Gasteiger partial charge on any atom is -0.444 e. The predicted octanol–water partition coefficient (Wildman–Crippen LogP) is 2.89. The van der Waals surface area contributed by atoms with E-state index in [9.17, 15) is 4.79 Å². The van der Waals surface area contributed by atoms with Gasteiger partial charge in [0.15, 0.2) is 5.96 Å². The number of hydrogen-bond donors (Lipinski definition) is 3. The number of alkyl carbamates (subject to hydrolysis) is 1. The van der Waals surface area contributed by atoms with Crippen LogP contribution in [0.15, 0.2) is 4.99 Å². The fourth-order valence-electron chi connectivity index (χ4n) is 2.59. The molecule has 154 valence electrons. The molecule has 2 unspecified atom stereocenters. The van der Waals surface area contributed by atoms with Crippen LogP contribution in [-0.2, 0) is 9.47 Å². The van der Waals surface area contributed by atoms with Crippen molar-refractivity contribution >= 4 is 36.0 Å². The summed E-state index contributed by atoms with van der Waals surface area (Å²) in [5.41, 5.74) is -0.642. The summed E-state index contributed by atoms with van der Waals surface area (Å²) in [7, 11) is 1.73. The van der Waals surface area contributed by atoms with Gasteiger partial charge in [0.05, 0.1) is 11.6 Å². The van der Waals surface area contributed by atoms with Gasteiger partial charge < -0.3 is 25.4 Å². The predicted molar refractivity (Wildman–Crippen MR) is 116 cm³/mol. The highest BCUT2D eigenvalue weighted by Crippen LogP contribution is 2.23. The number of amides is 1. The number of nitrogens with one attached hydrogen (secondary N) is 3. The fourth-order valence-corrected chi connectivity index (χ4v) is 2.59. The van der Waals surface area contributed by atoms with Crippen molar-refractivity contribution in [2.45, 2.75) is 71.6 Å². The first-order valence-corrected chi connectivity index (χ1v) is 9.13. The van der Waals surface area contributed by atoms with Crippen molar-refractivity contribution < 1.29 is 14.3 Å². The summed E-state index contributed by atoms with van der Waals surface area (Å²) in [4.78, 5) is 16.3. The topological polar surface area (TPSA) is 84.0 Å². The molecular weight excluding hydrogens is 447 g/mol. The van der Waals surface area contributed by atoms with Gasteiger partial charge in [0.25, 0.3) is 0 Å². The molecule has 0 radical (unpaired) electrons. The summed E-state index contributed by atoms with van der Waals surface area (Å²) >= 11 is 0. The zero-order chi connectivity index (χ0) is 19.1. The second-order valence-electron chi connectivity index (χ2n) is 8.21.